The molecule has 0 amide bonds. The van der Waals surface area contributed by atoms with Crippen molar-refractivity contribution in [1.29, 1.82) is 0 Å². The van der Waals surface area contributed by atoms with Gasteiger partial charge in [0.05, 0.1) is 13.5 Å². The second-order valence-electron chi connectivity index (χ2n) is 4.96. The lowest BCUT2D eigenvalue weighted by Crippen LogP contribution is -2.10. The van der Waals surface area contributed by atoms with E-state index in [-0.39, 0.29) is 11.9 Å². The molecule has 1 atom stereocenters. The van der Waals surface area contributed by atoms with E-state index in [2.05, 4.69) is 0 Å². The minimum Gasteiger partial charge on any atom is -0.497 e. The summed E-state index contributed by atoms with van der Waals surface area (Å²) in [5, 5.41) is 0. The van der Waals surface area contributed by atoms with E-state index >= 15 is 0 Å². The number of rotatable bonds is 2. The van der Waals surface area contributed by atoms with E-state index in [1.54, 1.807) is 7.11 Å². The van der Waals surface area contributed by atoms with E-state index in [1.807, 2.05) is 48.5 Å². The molecule has 0 bridgehead atoms. The van der Waals surface area contributed by atoms with Gasteiger partial charge in [-0.2, -0.15) is 0 Å². The first-order chi connectivity index (χ1) is 9.76. The van der Waals surface area contributed by atoms with Crippen LogP contribution in [-0.2, 0) is 11.2 Å². The third-order valence-electron chi connectivity index (χ3n) is 3.64. The van der Waals surface area contributed by atoms with Gasteiger partial charge in [-0.25, -0.2) is 0 Å². The highest BCUT2D eigenvalue weighted by atomic mass is 16.5. The minimum atomic E-state index is -0.178. The lowest BCUT2D eigenvalue weighted by molar-refractivity contribution is -0.134. The van der Waals surface area contributed by atoms with Gasteiger partial charge in [0.1, 0.15) is 11.5 Å². The van der Waals surface area contributed by atoms with E-state index in [1.165, 1.54) is 0 Å². The molecule has 20 heavy (non-hydrogen) atoms. The summed E-state index contributed by atoms with van der Waals surface area (Å²) >= 11 is 0. The molecule has 3 rings (SSSR count). The molecular formula is C17H16O3. The Labute approximate surface area is 118 Å². The highest BCUT2D eigenvalue weighted by molar-refractivity contribution is 5.75. The summed E-state index contributed by atoms with van der Waals surface area (Å²) in [5.74, 6) is 1.44. The first-order valence-electron chi connectivity index (χ1n) is 6.69. The summed E-state index contributed by atoms with van der Waals surface area (Å²) in [6.07, 6.45) is 1.19. The number of hydrogen-bond donors (Lipinski definition) is 0. The van der Waals surface area contributed by atoms with Crippen LogP contribution in [0, 0.1) is 0 Å². The molecule has 3 heteroatoms. The Morgan fingerprint density at radius 1 is 1.10 bits per heavy atom. The van der Waals surface area contributed by atoms with E-state index in [9.17, 15) is 4.79 Å². The Morgan fingerprint density at radius 3 is 2.80 bits per heavy atom. The van der Waals surface area contributed by atoms with Gasteiger partial charge in [0, 0.05) is 0 Å². The normalized spacial score (nSPS) is 17.9. The first-order valence-corrected chi connectivity index (χ1v) is 6.69. The van der Waals surface area contributed by atoms with Gasteiger partial charge in [-0.1, -0.05) is 30.3 Å². The predicted molar refractivity (Wildman–Crippen MR) is 76.1 cm³/mol. The highest BCUT2D eigenvalue weighted by Gasteiger charge is 2.24. The van der Waals surface area contributed by atoms with Crippen molar-refractivity contribution in [3.8, 4) is 11.5 Å². The van der Waals surface area contributed by atoms with Crippen LogP contribution in [0.15, 0.2) is 48.5 Å². The maximum atomic E-state index is 11.9. The molecule has 102 valence electrons. The molecule has 0 saturated carbocycles. The molecule has 0 N–H and O–H groups in total. The van der Waals surface area contributed by atoms with Crippen LogP contribution in [-0.4, -0.2) is 13.1 Å². The van der Waals surface area contributed by atoms with E-state index in [0.29, 0.717) is 12.2 Å². The third kappa shape index (κ3) is 2.52. The van der Waals surface area contributed by atoms with Crippen LogP contribution in [0.1, 0.15) is 23.5 Å². The van der Waals surface area contributed by atoms with Gasteiger partial charge >= 0.3 is 5.97 Å². The highest BCUT2D eigenvalue weighted by Crippen LogP contribution is 2.33. The molecule has 0 spiro atoms. The standard InChI is InChI=1S/C17H16O3/c1-19-15-7-4-6-12(10-15)14-9-13-5-2-3-8-16(13)20-17(18)11-14/h2-8,10,14H,9,11H2,1H3/t14-/m1/s1. The van der Waals surface area contributed by atoms with Crippen molar-refractivity contribution in [2.75, 3.05) is 7.11 Å². The summed E-state index contributed by atoms with van der Waals surface area (Å²) in [6.45, 7) is 0. The zero-order valence-corrected chi connectivity index (χ0v) is 11.3. The average molecular weight is 268 g/mol. The summed E-state index contributed by atoms with van der Waals surface area (Å²) in [7, 11) is 1.65. The van der Waals surface area contributed by atoms with Crippen molar-refractivity contribution in [3.05, 3.63) is 59.7 Å². The minimum absolute atomic E-state index is 0.126. The van der Waals surface area contributed by atoms with Crippen molar-refractivity contribution in [1.82, 2.24) is 0 Å². The summed E-state index contributed by atoms with van der Waals surface area (Å²) in [4.78, 5) is 11.9. The lowest BCUT2D eigenvalue weighted by atomic mass is 9.89. The molecule has 1 heterocycles. The predicted octanol–water partition coefficient (Wildman–Crippen LogP) is 3.33. The van der Waals surface area contributed by atoms with Gasteiger partial charge in [-0.15, -0.1) is 0 Å². The molecule has 0 aliphatic carbocycles. The number of fused-ring (bicyclic) bond motifs is 1. The van der Waals surface area contributed by atoms with Crippen LogP contribution in [0.5, 0.6) is 11.5 Å². The molecule has 1 aliphatic heterocycles. The van der Waals surface area contributed by atoms with Crippen molar-refractivity contribution in [2.45, 2.75) is 18.8 Å². The van der Waals surface area contributed by atoms with Crippen molar-refractivity contribution in [3.63, 3.8) is 0 Å². The van der Waals surface area contributed by atoms with Crippen molar-refractivity contribution in [2.24, 2.45) is 0 Å². The van der Waals surface area contributed by atoms with E-state index in [4.69, 9.17) is 9.47 Å². The van der Waals surface area contributed by atoms with Crippen molar-refractivity contribution >= 4 is 5.97 Å². The quantitative estimate of drug-likeness (QED) is 0.619. The van der Waals surface area contributed by atoms with Gasteiger partial charge in [-0.3, -0.25) is 4.79 Å². The molecule has 0 saturated heterocycles. The zero-order valence-electron chi connectivity index (χ0n) is 11.3. The number of para-hydroxylation sites is 1. The first kappa shape index (κ1) is 12.7. The fourth-order valence-corrected chi connectivity index (χ4v) is 2.61. The largest absolute Gasteiger partial charge is 0.497 e. The van der Waals surface area contributed by atoms with E-state index < -0.39 is 0 Å². The molecule has 1 aliphatic rings. The number of esters is 1. The summed E-state index contributed by atoms with van der Waals surface area (Å²) < 4.78 is 10.7. The second kappa shape index (κ2) is 5.37. The van der Waals surface area contributed by atoms with E-state index in [0.717, 1.165) is 23.3 Å². The fourth-order valence-electron chi connectivity index (χ4n) is 2.61. The Hall–Kier alpha value is -2.29. The van der Waals surface area contributed by atoms with Crippen molar-refractivity contribution < 1.29 is 14.3 Å². The maximum absolute atomic E-state index is 11.9. The zero-order chi connectivity index (χ0) is 13.9. The van der Waals surface area contributed by atoms with Gasteiger partial charge in [0.25, 0.3) is 0 Å². The number of carbonyl (C=O) groups is 1. The van der Waals surface area contributed by atoms with Gasteiger partial charge in [0.2, 0.25) is 0 Å². The summed E-state index contributed by atoms with van der Waals surface area (Å²) in [6, 6.07) is 15.6. The molecular weight excluding hydrogens is 252 g/mol. The number of methoxy groups -OCH3 is 1. The molecule has 0 fully saturated rings. The molecule has 0 aromatic heterocycles. The smallest absolute Gasteiger partial charge is 0.311 e. The number of hydrogen-bond acceptors (Lipinski definition) is 3. The second-order valence-corrected chi connectivity index (χ2v) is 4.96. The number of carbonyl (C=O) groups excluding carboxylic acids is 1. The lowest BCUT2D eigenvalue weighted by Gasteiger charge is -2.14. The van der Waals surface area contributed by atoms with Gasteiger partial charge in [0.15, 0.2) is 0 Å². The maximum Gasteiger partial charge on any atom is 0.311 e. The Morgan fingerprint density at radius 2 is 1.95 bits per heavy atom. The van der Waals surface area contributed by atoms with Crippen LogP contribution in [0.3, 0.4) is 0 Å². The van der Waals surface area contributed by atoms with Crippen LogP contribution in [0.2, 0.25) is 0 Å². The number of benzene rings is 2. The molecule has 2 aromatic carbocycles. The molecule has 0 unspecified atom stereocenters. The average Bonchev–Trinajstić information content (AvgIpc) is 2.65. The monoisotopic (exact) mass is 268 g/mol. The van der Waals surface area contributed by atoms with Crippen LogP contribution < -0.4 is 9.47 Å². The Kier molecular flexibility index (Phi) is 3.42. The molecule has 0 radical (unpaired) electrons. The topological polar surface area (TPSA) is 35.5 Å². The Bertz CT molecular complexity index is 634. The SMILES string of the molecule is COc1cccc([C@H]2CC(=O)Oc3ccccc3C2)c1. The van der Waals surface area contributed by atoms with Gasteiger partial charge in [-0.05, 0) is 41.7 Å². The molecule has 3 nitrogen and oxygen atoms in total. The van der Waals surface area contributed by atoms with Crippen LogP contribution in [0.4, 0.5) is 0 Å². The third-order valence-corrected chi connectivity index (χ3v) is 3.64. The van der Waals surface area contributed by atoms with Crippen LogP contribution in [0.25, 0.3) is 0 Å². The summed E-state index contributed by atoms with van der Waals surface area (Å²) in [5.41, 5.74) is 2.18. The number of ether oxygens (including phenoxy) is 2. The van der Waals surface area contributed by atoms with Gasteiger partial charge < -0.3 is 9.47 Å². The molecule has 2 aromatic rings. The van der Waals surface area contributed by atoms with Crippen LogP contribution >= 0.6 is 0 Å². The Balaban J connectivity index is 1.96. The fraction of sp³-hybridized carbons (Fsp3) is 0.235.